The maximum absolute atomic E-state index is 15.3. The maximum atomic E-state index is 15.3. The average molecular weight is 792 g/mol. The molecule has 0 unspecified atom stereocenters. The van der Waals surface area contributed by atoms with Gasteiger partial charge in [-0.2, -0.15) is 18.2 Å². The first kappa shape index (κ1) is 36.6. The van der Waals surface area contributed by atoms with E-state index in [9.17, 15) is 32.7 Å². The van der Waals surface area contributed by atoms with Crippen LogP contribution < -0.4 is 10.2 Å². The number of nitrogens with zero attached hydrogens (tertiary/aromatic N) is 3. The zero-order chi connectivity index (χ0) is 39.0. The molecule has 4 amide bonds. The lowest BCUT2D eigenvalue weighted by Gasteiger charge is -2.50. The molecule has 2 aliphatic heterocycles. The smallest absolute Gasteiger partial charge is 0.417 e. The molecule has 0 bridgehead atoms. The number of rotatable bonds is 7. The number of halogens is 5. The molecule has 4 aliphatic rings. The van der Waals surface area contributed by atoms with Gasteiger partial charge in [-0.1, -0.05) is 83.4 Å². The van der Waals surface area contributed by atoms with Crippen molar-refractivity contribution in [2.45, 2.75) is 36.9 Å². The Morgan fingerprint density at radius 1 is 0.945 bits per heavy atom. The van der Waals surface area contributed by atoms with Crippen LogP contribution in [0.2, 0.25) is 10.0 Å². The number of phenols is 1. The number of aromatic nitrogens is 1. The number of carbonyl (C=O) groups is 4. The number of phenolic OH excluding ortho intramolecular Hbond substituents is 1. The number of alkyl halides is 3. The van der Waals surface area contributed by atoms with Gasteiger partial charge in [-0.05, 0) is 65.8 Å². The van der Waals surface area contributed by atoms with Crippen molar-refractivity contribution in [2.24, 2.45) is 23.7 Å². The third-order valence-corrected chi connectivity index (χ3v) is 11.9. The van der Waals surface area contributed by atoms with Crippen molar-refractivity contribution in [1.29, 1.82) is 0 Å². The van der Waals surface area contributed by atoms with Crippen LogP contribution >= 0.6 is 23.2 Å². The van der Waals surface area contributed by atoms with Gasteiger partial charge in [0.25, 0.3) is 11.8 Å². The minimum atomic E-state index is -4.75. The standard InChI is InChI=1S/C40H31Cl2F3N4O6/c1-55-31-15-21(7-14-30(31)50)33-25-12-13-26-32(37(53)48(35(26)51)19-20-5-3-2-4-6-20)27(25)17-28-36(52)49(38(54)39(28,33)22-8-10-24(41)11-9-22)47-34-29(42)16-23(18-46-34)40(43,44)45/h2-12,14-16,18,26-28,32-33,50H,13,17,19H2,1H3,(H,46,47)/t26-,27+,28-,32-,33-,39+/m0/s1. The van der Waals surface area contributed by atoms with Crippen LogP contribution in [0.25, 0.3) is 0 Å². The number of carbonyl (C=O) groups excluding carboxylic acids is 4. The minimum absolute atomic E-state index is 0.0313. The summed E-state index contributed by atoms with van der Waals surface area (Å²) in [5, 5.41) is 11.2. The SMILES string of the molecule is COc1cc([C@H]2C3=CC[C@@H]4C(=O)N(Cc5ccccc5)C(=O)[C@@H]4[C@@H]3C[C@H]3C(=O)N(Nc4ncc(C(F)(F)F)cc4Cl)C(=O)[C@@]23c2ccc(Cl)cc2)ccc1O. The summed E-state index contributed by atoms with van der Waals surface area (Å²) < 4.78 is 45.9. The monoisotopic (exact) mass is 790 g/mol. The van der Waals surface area contributed by atoms with Crippen molar-refractivity contribution < 1.29 is 42.2 Å². The van der Waals surface area contributed by atoms with E-state index in [0.717, 1.165) is 10.6 Å². The first-order valence-electron chi connectivity index (χ1n) is 17.4. The molecule has 2 aliphatic carbocycles. The van der Waals surface area contributed by atoms with Crippen molar-refractivity contribution >= 4 is 52.6 Å². The van der Waals surface area contributed by atoms with E-state index in [4.69, 9.17) is 27.9 Å². The number of fused-ring (bicyclic) bond motifs is 4. The highest BCUT2D eigenvalue weighted by Crippen LogP contribution is 2.64. The van der Waals surface area contributed by atoms with Gasteiger partial charge in [-0.3, -0.25) is 29.5 Å². The van der Waals surface area contributed by atoms with Gasteiger partial charge in [0, 0.05) is 17.1 Å². The summed E-state index contributed by atoms with van der Waals surface area (Å²) in [6.45, 7) is 0.0697. The number of hydrogen-bond acceptors (Lipinski definition) is 8. The molecular formula is C40H31Cl2F3N4O6. The quantitative estimate of drug-likeness (QED) is 0.147. The van der Waals surface area contributed by atoms with E-state index < -0.39 is 63.6 Å². The summed E-state index contributed by atoms with van der Waals surface area (Å²) in [7, 11) is 1.37. The zero-order valence-electron chi connectivity index (χ0n) is 28.9. The number of allylic oxidation sites excluding steroid dienone is 2. The molecule has 1 aromatic heterocycles. The molecule has 2 N–H and O–H groups in total. The minimum Gasteiger partial charge on any atom is -0.504 e. The van der Waals surface area contributed by atoms with E-state index >= 15 is 4.79 Å². The van der Waals surface area contributed by atoms with Crippen LogP contribution in [0, 0.1) is 23.7 Å². The molecule has 3 aromatic carbocycles. The second-order valence-electron chi connectivity index (χ2n) is 14.1. The highest BCUT2D eigenvalue weighted by Gasteiger charge is 2.70. The summed E-state index contributed by atoms with van der Waals surface area (Å²) >= 11 is 12.6. The number of likely N-dealkylation sites (tertiary alicyclic amines) is 1. The number of hydrogen-bond donors (Lipinski definition) is 2. The average Bonchev–Trinajstić information content (AvgIpc) is 3.53. The fourth-order valence-electron chi connectivity index (χ4n) is 9.02. The molecule has 2 saturated heterocycles. The Morgan fingerprint density at radius 3 is 2.35 bits per heavy atom. The van der Waals surface area contributed by atoms with E-state index in [1.54, 1.807) is 36.4 Å². The Labute approximate surface area is 322 Å². The van der Waals surface area contributed by atoms with E-state index in [2.05, 4.69) is 10.4 Å². The molecule has 0 spiro atoms. The van der Waals surface area contributed by atoms with Crippen LogP contribution in [-0.4, -0.2) is 50.7 Å². The number of nitrogens with one attached hydrogen (secondary N) is 1. The van der Waals surface area contributed by atoms with Gasteiger partial charge < -0.3 is 9.84 Å². The molecule has 15 heteroatoms. The van der Waals surface area contributed by atoms with Gasteiger partial charge in [0.1, 0.15) is 0 Å². The van der Waals surface area contributed by atoms with Gasteiger partial charge in [-0.25, -0.2) is 4.98 Å². The Morgan fingerprint density at radius 2 is 1.67 bits per heavy atom. The highest BCUT2D eigenvalue weighted by molar-refractivity contribution is 6.33. The Balaban J connectivity index is 1.30. The third kappa shape index (κ3) is 5.74. The number of benzene rings is 3. The Bertz CT molecular complexity index is 2290. The lowest BCUT2D eigenvalue weighted by atomic mass is 9.49. The third-order valence-electron chi connectivity index (χ3n) is 11.4. The molecule has 8 rings (SSSR count). The number of imide groups is 2. The van der Waals surface area contributed by atoms with Gasteiger partial charge >= 0.3 is 6.18 Å². The van der Waals surface area contributed by atoms with Crippen LogP contribution in [0.3, 0.4) is 0 Å². The number of aromatic hydroxyl groups is 1. The van der Waals surface area contributed by atoms with Crippen molar-refractivity contribution in [3.05, 3.63) is 129 Å². The van der Waals surface area contributed by atoms with Gasteiger partial charge in [-0.15, -0.1) is 0 Å². The maximum Gasteiger partial charge on any atom is 0.417 e. The highest BCUT2D eigenvalue weighted by atomic mass is 35.5. The van der Waals surface area contributed by atoms with Crippen LogP contribution in [0.15, 0.2) is 96.7 Å². The molecule has 1 saturated carbocycles. The molecule has 282 valence electrons. The van der Waals surface area contributed by atoms with Gasteiger partial charge in [0.15, 0.2) is 17.3 Å². The molecule has 0 radical (unpaired) electrons. The molecule has 6 atom stereocenters. The van der Waals surface area contributed by atoms with Crippen LogP contribution in [0.1, 0.15) is 41.0 Å². The number of hydrazine groups is 1. The molecule has 55 heavy (non-hydrogen) atoms. The molecule has 3 fully saturated rings. The first-order valence-corrected chi connectivity index (χ1v) is 18.1. The number of amides is 4. The van der Waals surface area contributed by atoms with Crippen LogP contribution in [0.5, 0.6) is 11.5 Å². The number of ether oxygens (including phenoxy) is 1. The van der Waals surface area contributed by atoms with E-state index in [0.29, 0.717) is 34.0 Å². The summed E-state index contributed by atoms with van der Waals surface area (Å²) in [6.07, 6.45) is -2.18. The molecule has 4 aromatic rings. The molecule has 3 heterocycles. The molecule has 10 nitrogen and oxygen atoms in total. The van der Waals surface area contributed by atoms with Crippen molar-refractivity contribution in [1.82, 2.24) is 14.9 Å². The van der Waals surface area contributed by atoms with Gasteiger partial charge in [0.2, 0.25) is 11.8 Å². The lowest BCUT2D eigenvalue weighted by Crippen LogP contribution is -2.53. The first-order chi connectivity index (χ1) is 26.2. The van der Waals surface area contributed by atoms with Crippen LogP contribution in [0.4, 0.5) is 19.0 Å². The Kier molecular flexibility index (Phi) is 8.92. The lowest BCUT2D eigenvalue weighted by molar-refractivity contribution is -0.142. The number of anilines is 1. The second-order valence-corrected chi connectivity index (χ2v) is 14.9. The largest absolute Gasteiger partial charge is 0.504 e. The fraction of sp³-hybridized carbons (Fsp3) is 0.275. The number of pyridine rings is 1. The summed E-state index contributed by atoms with van der Waals surface area (Å²) in [5.41, 5.74) is 2.03. The van der Waals surface area contributed by atoms with Crippen LogP contribution in [-0.2, 0) is 37.3 Å². The topological polar surface area (TPSA) is 129 Å². The summed E-state index contributed by atoms with van der Waals surface area (Å²) in [5.74, 6) is -7.08. The van der Waals surface area contributed by atoms with E-state index in [-0.39, 0.29) is 48.5 Å². The predicted molar refractivity (Wildman–Crippen MR) is 194 cm³/mol. The Hall–Kier alpha value is -5.40. The van der Waals surface area contributed by atoms with Gasteiger partial charge in [0.05, 0.1) is 47.4 Å². The molecular weight excluding hydrogens is 760 g/mol. The van der Waals surface area contributed by atoms with E-state index in [1.165, 1.54) is 18.1 Å². The van der Waals surface area contributed by atoms with Crippen molar-refractivity contribution in [3.8, 4) is 11.5 Å². The second kappa shape index (κ2) is 13.4. The zero-order valence-corrected chi connectivity index (χ0v) is 30.4. The fourth-order valence-corrected chi connectivity index (χ4v) is 9.35. The summed E-state index contributed by atoms with van der Waals surface area (Å²) in [6, 6.07) is 20.8. The normalized spacial score (nSPS) is 26.1. The van der Waals surface area contributed by atoms with Crippen molar-refractivity contribution in [3.63, 3.8) is 0 Å². The van der Waals surface area contributed by atoms with Crippen molar-refractivity contribution in [2.75, 3.05) is 12.5 Å². The predicted octanol–water partition coefficient (Wildman–Crippen LogP) is 7.31. The number of methoxy groups -OCH3 is 1. The van der Waals surface area contributed by atoms with E-state index in [1.807, 2.05) is 36.4 Å². The summed E-state index contributed by atoms with van der Waals surface area (Å²) in [4.78, 5) is 63.5.